The van der Waals surface area contributed by atoms with E-state index >= 15 is 0 Å². The highest BCUT2D eigenvalue weighted by Gasteiger charge is 2.18. The number of aromatic hydroxyl groups is 1. The molecule has 0 bridgehead atoms. The lowest BCUT2D eigenvalue weighted by molar-refractivity contribution is -0.119. The lowest BCUT2D eigenvalue weighted by Crippen LogP contribution is -2.22. The van der Waals surface area contributed by atoms with Crippen molar-refractivity contribution in [1.82, 2.24) is 0 Å². The molecule has 1 amide bonds. The third-order valence-corrected chi connectivity index (χ3v) is 5.35. The summed E-state index contributed by atoms with van der Waals surface area (Å²) in [6.45, 7) is 1.79. The van der Waals surface area contributed by atoms with Crippen LogP contribution in [0.4, 0.5) is 5.00 Å². The van der Waals surface area contributed by atoms with E-state index in [0.29, 0.717) is 16.4 Å². The summed E-state index contributed by atoms with van der Waals surface area (Å²) in [6.07, 6.45) is 0.494. The molecule has 1 atom stereocenters. The molecule has 0 aliphatic heterocycles. The Morgan fingerprint density at radius 2 is 2.00 bits per heavy atom. The number of benzene rings is 2. The molecule has 3 aromatic rings. The molecule has 0 aliphatic rings. The number of carbonyl (C=O) groups excluding carboxylic acids is 1. The fourth-order valence-electron chi connectivity index (χ4n) is 2.71. The van der Waals surface area contributed by atoms with Gasteiger partial charge in [-0.1, -0.05) is 42.8 Å². The van der Waals surface area contributed by atoms with Gasteiger partial charge in [-0.2, -0.15) is 0 Å². The number of rotatable bonds is 5. The molecule has 0 fully saturated rings. The van der Waals surface area contributed by atoms with Crippen LogP contribution >= 0.6 is 22.9 Å². The first-order chi connectivity index (χ1) is 12.4. The van der Waals surface area contributed by atoms with E-state index in [2.05, 4.69) is 5.32 Å². The first-order valence-corrected chi connectivity index (χ1v) is 9.14. The van der Waals surface area contributed by atoms with Gasteiger partial charge in [0.2, 0.25) is 5.91 Å². The van der Waals surface area contributed by atoms with Crippen molar-refractivity contribution in [2.45, 2.75) is 13.3 Å². The molecule has 1 aromatic heterocycles. The quantitative estimate of drug-likeness (QED) is 0.586. The summed E-state index contributed by atoms with van der Waals surface area (Å²) in [4.78, 5) is 23.5. The van der Waals surface area contributed by atoms with Crippen LogP contribution in [0.3, 0.4) is 0 Å². The summed E-state index contributed by atoms with van der Waals surface area (Å²) in [7, 11) is 0. The number of amides is 1. The average Bonchev–Trinajstić information content (AvgIpc) is 3.06. The molecule has 2 aromatic carbocycles. The molecule has 0 saturated heterocycles. The van der Waals surface area contributed by atoms with Crippen molar-refractivity contribution in [2.24, 2.45) is 5.92 Å². The van der Waals surface area contributed by atoms with Crippen molar-refractivity contribution in [2.75, 3.05) is 5.32 Å². The molecule has 134 valence electrons. The molecule has 7 heteroatoms. The molecule has 0 radical (unpaired) electrons. The van der Waals surface area contributed by atoms with Crippen LogP contribution in [-0.2, 0) is 11.2 Å². The molecule has 3 rings (SSSR count). The minimum atomic E-state index is -1.07. The molecule has 0 aliphatic carbocycles. The van der Waals surface area contributed by atoms with E-state index in [0.717, 1.165) is 16.3 Å². The van der Waals surface area contributed by atoms with E-state index in [-0.39, 0.29) is 23.1 Å². The number of halogens is 1. The summed E-state index contributed by atoms with van der Waals surface area (Å²) in [6, 6.07) is 10.4. The van der Waals surface area contributed by atoms with Crippen molar-refractivity contribution in [3.8, 4) is 5.75 Å². The topological polar surface area (TPSA) is 86.6 Å². The van der Waals surface area contributed by atoms with Gasteiger partial charge >= 0.3 is 5.97 Å². The summed E-state index contributed by atoms with van der Waals surface area (Å²) >= 11 is 7.28. The molecule has 5 nitrogen and oxygen atoms in total. The Balaban J connectivity index is 1.74. The van der Waals surface area contributed by atoms with Gasteiger partial charge in [0.1, 0.15) is 10.8 Å². The Morgan fingerprint density at radius 1 is 1.23 bits per heavy atom. The number of carboxylic acids is 1. The van der Waals surface area contributed by atoms with Gasteiger partial charge in [-0.15, -0.1) is 11.3 Å². The maximum absolute atomic E-state index is 12.4. The Kier molecular flexibility index (Phi) is 5.15. The maximum atomic E-state index is 12.4. The maximum Gasteiger partial charge on any atom is 0.338 e. The molecular formula is C19H16ClNO4S. The lowest BCUT2D eigenvalue weighted by Gasteiger charge is -2.13. The number of fused-ring (bicyclic) bond motifs is 1. The van der Waals surface area contributed by atoms with Crippen molar-refractivity contribution >= 4 is 50.6 Å². The number of phenolic OH excluding ortho intramolecular Hbond substituents is 1. The van der Waals surface area contributed by atoms with Crippen LogP contribution in [0.1, 0.15) is 22.8 Å². The summed E-state index contributed by atoms with van der Waals surface area (Å²) in [5, 5.41) is 25.4. The van der Waals surface area contributed by atoms with Gasteiger partial charge in [0.05, 0.1) is 10.6 Å². The van der Waals surface area contributed by atoms with Gasteiger partial charge in [-0.3, -0.25) is 4.79 Å². The van der Waals surface area contributed by atoms with Gasteiger partial charge in [-0.25, -0.2) is 4.79 Å². The molecule has 1 unspecified atom stereocenters. The van der Waals surface area contributed by atoms with Crippen LogP contribution in [0, 0.1) is 5.92 Å². The SMILES string of the molecule is CC(Cc1ccc2c(Cl)c(O)ccc2c1)C(=O)Nc1sccc1C(=O)O. The van der Waals surface area contributed by atoms with E-state index < -0.39 is 5.97 Å². The van der Waals surface area contributed by atoms with E-state index in [1.54, 1.807) is 18.4 Å². The van der Waals surface area contributed by atoms with Gasteiger partial charge < -0.3 is 15.5 Å². The van der Waals surface area contributed by atoms with E-state index in [1.807, 2.05) is 18.2 Å². The van der Waals surface area contributed by atoms with Crippen LogP contribution in [0.25, 0.3) is 10.8 Å². The predicted octanol–water partition coefficient (Wildman–Crippen LogP) is 4.78. The second-order valence-electron chi connectivity index (χ2n) is 6.02. The smallest absolute Gasteiger partial charge is 0.338 e. The van der Waals surface area contributed by atoms with Crippen molar-refractivity contribution in [1.29, 1.82) is 0 Å². The van der Waals surface area contributed by atoms with Gasteiger partial charge in [0.15, 0.2) is 0 Å². The van der Waals surface area contributed by atoms with Gasteiger partial charge in [0, 0.05) is 11.3 Å². The van der Waals surface area contributed by atoms with Crippen LogP contribution in [-0.4, -0.2) is 22.1 Å². The zero-order chi connectivity index (χ0) is 18.8. The molecule has 26 heavy (non-hydrogen) atoms. The number of phenols is 1. The van der Waals surface area contributed by atoms with Gasteiger partial charge in [-0.05, 0) is 34.9 Å². The lowest BCUT2D eigenvalue weighted by atomic mass is 9.97. The highest BCUT2D eigenvalue weighted by atomic mass is 35.5. The summed E-state index contributed by atoms with van der Waals surface area (Å²) < 4.78 is 0. The third kappa shape index (κ3) is 3.66. The number of hydrogen-bond donors (Lipinski definition) is 3. The zero-order valence-corrected chi connectivity index (χ0v) is 15.4. The second kappa shape index (κ2) is 7.35. The normalized spacial score (nSPS) is 12.1. The van der Waals surface area contributed by atoms with Crippen molar-refractivity contribution < 1.29 is 19.8 Å². The largest absolute Gasteiger partial charge is 0.506 e. The number of carbonyl (C=O) groups is 2. The first kappa shape index (κ1) is 18.2. The number of hydrogen-bond acceptors (Lipinski definition) is 4. The number of carboxylic acid groups (broad SMARTS) is 1. The standard InChI is InChI=1S/C19H16ClNO4S/c1-10(17(23)21-18-14(19(24)25)6-7-26-18)8-11-2-4-13-12(9-11)3-5-15(22)16(13)20/h2-7,9-10,22H,8H2,1H3,(H,21,23)(H,24,25). The summed E-state index contributed by atoms with van der Waals surface area (Å²) in [5.41, 5.74) is 1.04. The molecular weight excluding hydrogens is 374 g/mol. The number of anilines is 1. The number of thiophene rings is 1. The minimum Gasteiger partial charge on any atom is -0.506 e. The molecule has 3 N–H and O–H groups in total. The Bertz CT molecular complexity index is 998. The van der Waals surface area contributed by atoms with Crippen molar-refractivity contribution in [3.63, 3.8) is 0 Å². The van der Waals surface area contributed by atoms with Crippen molar-refractivity contribution in [3.05, 3.63) is 57.9 Å². The third-order valence-electron chi connectivity index (χ3n) is 4.12. The van der Waals surface area contributed by atoms with Crippen LogP contribution in [0.15, 0.2) is 41.8 Å². The second-order valence-corrected chi connectivity index (χ2v) is 7.31. The predicted molar refractivity (Wildman–Crippen MR) is 103 cm³/mol. The Labute approximate surface area is 158 Å². The summed E-state index contributed by atoms with van der Waals surface area (Å²) in [5.74, 6) is -1.61. The van der Waals surface area contributed by atoms with E-state index in [4.69, 9.17) is 16.7 Å². The highest BCUT2D eigenvalue weighted by molar-refractivity contribution is 7.14. The van der Waals surface area contributed by atoms with Crippen LogP contribution in [0.2, 0.25) is 5.02 Å². The number of aromatic carboxylic acids is 1. The highest BCUT2D eigenvalue weighted by Crippen LogP contribution is 2.32. The molecule has 1 heterocycles. The monoisotopic (exact) mass is 389 g/mol. The Morgan fingerprint density at radius 3 is 2.73 bits per heavy atom. The zero-order valence-electron chi connectivity index (χ0n) is 13.8. The minimum absolute atomic E-state index is 0.0323. The average molecular weight is 390 g/mol. The molecule has 0 saturated carbocycles. The fraction of sp³-hybridized carbons (Fsp3) is 0.158. The van der Waals surface area contributed by atoms with E-state index in [1.165, 1.54) is 23.5 Å². The van der Waals surface area contributed by atoms with E-state index in [9.17, 15) is 14.7 Å². The molecule has 0 spiro atoms. The Hall–Kier alpha value is -2.57. The van der Waals surface area contributed by atoms with Crippen LogP contribution in [0.5, 0.6) is 5.75 Å². The number of nitrogens with one attached hydrogen (secondary N) is 1. The first-order valence-electron chi connectivity index (χ1n) is 7.88. The van der Waals surface area contributed by atoms with Gasteiger partial charge in [0.25, 0.3) is 0 Å². The fourth-order valence-corrected chi connectivity index (χ4v) is 3.73. The van der Waals surface area contributed by atoms with Crippen LogP contribution < -0.4 is 5.32 Å².